The molecule has 1 unspecified atom stereocenters. The van der Waals surface area contributed by atoms with Crippen LogP contribution in [0.25, 0.3) is 0 Å². The number of carbonyl (C=O) groups is 2. The number of para-hydroxylation sites is 1. The van der Waals surface area contributed by atoms with Gasteiger partial charge in [-0.05, 0) is 18.6 Å². The quantitative estimate of drug-likeness (QED) is 0.692. The highest BCUT2D eigenvalue weighted by Gasteiger charge is 2.21. The van der Waals surface area contributed by atoms with Crippen molar-refractivity contribution in [1.29, 1.82) is 0 Å². The third-order valence-corrected chi connectivity index (χ3v) is 2.77. The number of nitrogen functional groups attached to an aromatic ring is 1. The summed E-state index contributed by atoms with van der Waals surface area (Å²) in [7, 11) is 1.35. The molecule has 1 aromatic carbocycles. The van der Waals surface area contributed by atoms with E-state index in [0.29, 0.717) is 5.69 Å². The minimum Gasteiger partial charge on any atom is -0.465 e. The minimum atomic E-state index is -1.14. The number of nitrogens with two attached hydrogens (primary N) is 1. The van der Waals surface area contributed by atoms with Gasteiger partial charge in [0.2, 0.25) is 5.91 Å². The second kappa shape index (κ2) is 5.90. The number of benzene rings is 1. The lowest BCUT2D eigenvalue weighted by molar-refractivity contribution is -0.125. The highest BCUT2D eigenvalue weighted by Crippen LogP contribution is 2.09. The van der Waals surface area contributed by atoms with Gasteiger partial charge in [-0.2, -0.15) is 0 Å². The Morgan fingerprint density at radius 2 is 2.06 bits per heavy atom. The monoisotopic (exact) mass is 251 g/mol. The number of hydrogen-bond donors (Lipinski definition) is 3. The number of carbonyl (C=O) groups excluding carboxylic acids is 1. The molecule has 0 aliphatic rings. The van der Waals surface area contributed by atoms with Crippen LogP contribution in [-0.2, 0) is 11.3 Å². The van der Waals surface area contributed by atoms with Crippen LogP contribution in [0, 0.1) is 0 Å². The molecule has 6 nitrogen and oxygen atoms in total. The lowest BCUT2D eigenvalue weighted by Gasteiger charge is -2.21. The molecule has 18 heavy (non-hydrogen) atoms. The summed E-state index contributed by atoms with van der Waals surface area (Å²) in [6.45, 7) is 1.81. The largest absolute Gasteiger partial charge is 0.465 e. The van der Waals surface area contributed by atoms with E-state index in [0.717, 1.165) is 10.5 Å². The Kier molecular flexibility index (Phi) is 4.53. The Hall–Kier alpha value is -2.24. The summed E-state index contributed by atoms with van der Waals surface area (Å²) in [6, 6.07) is 6.44. The summed E-state index contributed by atoms with van der Waals surface area (Å²) >= 11 is 0. The van der Waals surface area contributed by atoms with Crippen molar-refractivity contribution in [3.63, 3.8) is 0 Å². The van der Waals surface area contributed by atoms with Gasteiger partial charge >= 0.3 is 6.09 Å². The summed E-state index contributed by atoms with van der Waals surface area (Å²) in [5.41, 5.74) is 7.13. The zero-order valence-electron chi connectivity index (χ0n) is 10.4. The van der Waals surface area contributed by atoms with Crippen LogP contribution >= 0.6 is 0 Å². The third kappa shape index (κ3) is 3.38. The van der Waals surface area contributed by atoms with Crippen LogP contribution in [0.1, 0.15) is 12.5 Å². The topological polar surface area (TPSA) is 95.7 Å². The zero-order valence-corrected chi connectivity index (χ0v) is 10.4. The first kappa shape index (κ1) is 13.8. The van der Waals surface area contributed by atoms with Crippen LogP contribution in [0.2, 0.25) is 0 Å². The molecule has 0 saturated carbocycles. The summed E-state index contributed by atoms with van der Waals surface area (Å²) in [5.74, 6) is -0.358. The number of anilines is 1. The maximum Gasteiger partial charge on any atom is 0.407 e. The Morgan fingerprint density at radius 3 is 2.61 bits per heavy atom. The molecule has 1 atom stereocenters. The van der Waals surface area contributed by atoms with E-state index < -0.39 is 12.1 Å². The van der Waals surface area contributed by atoms with Gasteiger partial charge in [-0.1, -0.05) is 18.2 Å². The van der Waals surface area contributed by atoms with Crippen LogP contribution in [0.4, 0.5) is 10.5 Å². The van der Waals surface area contributed by atoms with Gasteiger partial charge in [-0.25, -0.2) is 4.79 Å². The van der Waals surface area contributed by atoms with Crippen molar-refractivity contribution in [1.82, 2.24) is 10.2 Å². The van der Waals surface area contributed by atoms with E-state index >= 15 is 0 Å². The highest BCUT2D eigenvalue weighted by atomic mass is 16.4. The molecular formula is C12H17N3O3. The van der Waals surface area contributed by atoms with Gasteiger partial charge in [0.15, 0.2) is 0 Å². The lowest BCUT2D eigenvalue weighted by atomic mass is 10.2. The molecule has 2 amide bonds. The molecule has 0 fully saturated rings. The maximum absolute atomic E-state index is 11.7. The Morgan fingerprint density at radius 1 is 1.44 bits per heavy atom. The molecule has 0 aliphatic carbocycles. The highest BCUT2D eigenvalue weighted by molar-refractivity contribution is 5.84. The first-order chi connectivity index (χ1) is 8.43. The standard InChI is InChI=1S/C12H17N3O3/c1-8(15(2)12(17)18)11(16)14-7-9-5-3-4-6-10(9)13/h3-6,8H,7,13H2,1-2H3,(H,14,16)(H,17,18). The molecule has 1 aromatic rings. The van der Waals surface area contributed by atoms with E-state index in [-0.39, 0.29) is 12.5 Å². The van der Waals surface area contributed by atoms with Crippen LogP contribution < -0.4 is 11.1 Å². The van der Waals surface area contributed by atoms with Gasteiger partial charge in [0.05, 0.1) is 0 Å². The van der Waals surface area contributed by atoms with E-state index in [1.807, 2.05) is 12.1 Å². The lowest BCUT2D eigenvalue weighted by Crippen LogP contribution is -2.45. The molecule has 6 heteroatoms. The van der Waals surface area contributed by atoms with Crippen molar-refractivity contribution < 1.29 is 14.7 Å². The Labute approximate surface area is 105 Å². The summed E-state index contributed by atoms with van der Waals surface area (Å²) in [5, 5.41) is 11.4. The van der Waals surface area contributed by atoms with Crippen LogP contribution in [-0.4, -0.2) is 35.1 Å². The zero-order chi connectivity index (χ0) is 13.7. The van der Waals surface area contributed by atoms with Gasteiger partial charge in [-0.15, -0.1) is 0 Å². The van der Waals surface area contributed by atoms with Crippen molar-refractivity contribution in [3.8, 4) is 0 Å². The average Bonchev–Trinajstić information content (AvgIpc) is 2.35. The summed E-state index contributed by atoms with van der Waals surface area (Å²) < 4.78 is 0. The molecule has 4 N–H and O–H groups in total. The third-order valence-electron chi connectivity index (χ3n) is 2.77. The number of amides is 2. The van der Waals surface area contributed by atoms with E-state index in [2.05, 4.69) is 5.32 Å². The van der Waals surface area contributed by atoms with Crippen molar-refractivity contribution in [3.05, 3.63) is 29.8 Å². The number of nitrogens with one attached hydrogen (secondary N) is 1. The maximum atomic E-state index is 11.7. The molecular weight excluding hydrogens is 234 g/mol. The van der Waals surface area contributed by atoms with Crippen LogP contribution in [0.3, 0.4) is 0 Å². The van der Waals surface area contributed by atoms with Gasteiger partial charge < -0.3 is 16.2 Å². The molecule has 0 radical (unpaired) electrons. The van der Waals surface area contributed by atoms with Gasteiger partial charge in [0.1, 0.15) is 6.04 Å². The average molecular weight is 251 g/mol. The van der Waals surface area contributed by atoms with E-state index in [9.17, 15) is 9.59 Å². The fourth-order valence-corrected chi connectivity index (χ4v) is 1.37. The molecule has 0 saturated heterocycles. The Balaban J connectivity index is 2.56. The van der Waals surface area contributed by atoms with Crippen LogP contribution in [0.5, 0.6) is 0 Å². The molecule has 0 heterocycles. The molecule has 0 spiro atoms. The minimum absolute atomic E-state index is 0.281. The summed E-state index contributed by atoms with van der Waals surface area (Å²) in [6.07, 6.45) is -1.14. The predicted molar refractivity (Wildman–Crippen MR) is 68.0 cm³/mol. The number of likely N-dealkylation sites (N-methyl/N-ethyl adjacent to an activating group) is 1. The smallest absolute Gasteiger partial charge is 0.407 e. The summed E-state index contributed by atoms with van der Waals surface area (Å²) in [4.78, 5) is 23.4. The molecule has 0 bridgehead atoms. The first-order valence-corrected chi connectivity index (χ1v) is 5.50. The van der Waals surface area contributed by atoms with Gasteiger partial charge in [0.25, 0.3) is 0 Å². The Bertz CT molecular complexity index is 448. The van der Waals surface area contributed by atoms with Crippen molar-refractivity contribution in [2.24, 2.45) is 0 Å². The van der Waals surface area contributed by atoms with Crippen LogP contribution in [0.15, 0.2) is 24.3 Å². The van der Waals surface area contributed by atoms with E-state index in [4.69, 9.17) is 10.8 Å². The fourth-order valence-electron chi connectivity index (χ4n) is 1.37. The van der Waals surface area contributed by atoms with Crippen molar-refractivity contribution in [2.75, 3.05) is 12.8 Å². The second-order valence-electron chi connectivity index (χ2n) is 3.99. The predicted octanol–water partition coefficient (Wildman–Crippen LogP) is 0.883. The van der Waals surface area contributed by atoms with Gasteiger partial charge in [-0.3, -0.25) is 9.69 Å². The molecule has 0 aliphatic heterocycles. The number of rotatable bonds is 4. The SMILES string of the molecule is CC(C(=O)NCc1ccccc1N)N(C)C(=O)O. The second-order valence-corrected chi connectivity index (χ2v) is 3.99. The van der Waals surface area contributed by atoms with E-state index in [1.54, 1.807) is 12.1 Å². The normalized spacial score (nSPS) is 11.7. The fraction of sp³-hybridized carbons (Fsp3) is 0.333. The number of hydrogen-bond acceptors (Lipinski definition) is 3. The number of nitrogens with zero attached hydrogens (tertiary/aromatic N) is 1. The molecule has 98 valence electrons. The van der Waals surface area contributed by atoms with Crippen molar-refractivity contribution >= 4 is 17.7 Å². The van der Waals surface area contributed by atoms with E-state index in [1.165, 1.54) is 14.0 Å². The molecule has 1 rings (SSSR count). The number of carboxylic acid groups (broad SMARTS) is 1. The van der Waals surface area contributed by atoms with Crippen molar-refractivity contribution in [2.45, 2.75) is 19.5 Å². The molecule has 0 aromatic heterocycles. The first-order valence-electron chi connectivity index (χ1n) is 5.50. The van der Waals surface area contributed by atoms with Gasteiger partial charge in [0, 0.05) is 19.3 Å².